The molecule has 1 aromatic heterocycles. The number of aromatic nitrogens is 1. The Morgan fingerprint density at radius 3 is 1.97 bits per heavy atom. The van der Waals surface area contributed by atoms with Crippen LogP contribution >= 0.6 is 11.6 Å². The molecule has 4 N–H and O–H groups in total. The maximum absolute atomic E-state index is 12.2. The van der Waals surface area contributed by atoms with Crippen molar-refractivity contribution in [1.82, 2.24) is 15.0 Å². The van der Waals surface area contributed by atoms with Crippen molar-refractivity contribution >= 4 is 41.4 Å². The van der Waals surface area contributed by atoms with Gasteiger partial charge in [-0.2, -0.15) is 0 Å². The van der Waals surface area contributed by atoms with Crippen molar-refractivity contribution in [3.63, 3.8) is 0 Å². The zero-order valence-corrected chi connectivity index (χ0v) is 21.3. The molecule has 0 bridgehead atoms. The first kappa shape index (κ1) is 32.0. The highest BCUT2D eigenvalue weighted by Gasteiger charge is 2.26. The van der Waals surface area contributed by atoms with E-state index >= 15 is 0 Å². The molecule has 1 aliphatic rings. The number of esters is 1. The maximum Gasteiger partial charge on any atom is 0.414 e. The molecule has 15 heteroatoms. The molecule has 208 valence electrons. The Morgan fingerprint density at radius 2 is 1.50 bits per heavy atom. The summed E-state index contributed by atoms with van der Waals surface area (Å²) < 4.78 is 10.4. The summed E-state index contributed by atoms with van der Waals surface area (Å²) in [7, 11) is 3.54. The highest BCUT2D eigenvalue weighted by molar-refractivity contribution is 6.33. The molecule has 1 aliphatic heterocycles. The lowest BCUT2D eigenvalue weighted by Gasteiger charge is -2.33. The van der Waals surface area contributed by atoms with Crippen LogP contribution in [0.4, 0.5) is 0 Å². The molecule has 14 nitrogen and oxygen atoms in total. The molecule has 1 unspecified atom stereocenters. The third kappa shape index (κ3) is 11.4. The van der Waals surface area contributed by atoms with Crippen molar-refractivity contribution in [3.05, 3.63) is 41.0 Å². The molecular formula is C23H28ClN3O11. The number of carbonyl (C=O) groups excluding carboxylic acids is 1. The molecule has 0 saturated carbocycles. The summed E-state index contributed by atoms with van der Waals surface area (Å²) in [6, 6.07) is 9.31. The number of methoxy groups -OCH3 is 1. The molecule has 0 amide bonds. The summed E-state index contributed by atoms with van der Waals surface area (Å²) in [4.78, 5) is 53.2. The molecule has 0 radical (unpaired) electrons. The fourth-order valence-electron chi connectivity index (χ4n) is 3.18. The van der Waals surface area contributed by atoms with Crippen LogP contribution in [0.2, 0.25) is 5.02 Å². The van der Waals surface area contributed by atoms with Gasteiger partial charge in [-0.1, -0.05) is 28.9 Å². The Morgan fingerprint density at radius 1 is 0.974 bits per heavy atom. The highest BCUT2D eigenvalue weighted by Crippen LogP contribution is 2.28. The Balaban J connectivity index is 0.000000503. The zero-order valence-electron chi connectivity index (χ0n) is 20.6. The largest absolute Gasteiger partial charge is 0.473 e. The maximum atomic E-state index is 12.2. The van der Waals surface area contributed by atoms with Gasteiger partial charge in [-0.3, -0.25) is 9.69 Å². The summed E-state index contributed by atoms with van der Waals surface area (Å²) in [6.45, 7) is 4.58. The average molecular weight is 558 g/mol. The molecular weight excluding hydrogens is 530 g/mol. The highest BCUT2D eigenvalue weighted by atomic mass is 35.5. The van der Waals surface area contributed by atoms with Crippen molar-refractivity contribution in [2.24, 2.45) is 5.92 Å². The van der Waals surface area contributed by atoms with Gasteiger partial charge in [0.25, 0.3) is 0 Å². The van der Waals surface area contributed by atoms with Gasteiger partial charge in [0.2, 0.25) is 0 Å². The van der Waals surface area contributed by atoms with Crippen molar-refractivity contribution in [2.45, 2.75) is 6.42 Å². The number of piperazine rings is 1. The molecule has 1 fully saturated rings. The van der Waals surface area contributed by atoms with Crippen LogP contribution in [-0.4, -0.2) is 112 Å². The van der Waals surface area contributed by atoms with E-state index in [1.54, 1.807) is 0 Å². The summed E-state index contributed by atoms with van der Waals surface area (Å²) in [5.74, 6) is -7.18. The first-order valence-electron chi connectivity index (χ1n) is 11.0. The van der Waals surface area contributed by atoms with Gasteiger partial charge in [-0.15, -0.1) is 0 Å². The first-order valence-corrected chi connectivity index (χ1v) is 11.3. The minimum atomic E-state index is -1.82. The Labute approximate surface area is 221 Å². The summed E-state index contributed by atoms with van der Waals surface area (Å²) in [5, 5.41) is 34.3. The van der Waals surface area contributed by atoms with Crippen molar-refractivity contribution in [2.75, 3.05) is 46.9 Å². The first-order chi connectivity index (χ1) is 17.8. The second kappa shape index (κ2) is 16.0. The second-order valence-electron chi connectivity index (χ2n) is 7.91. The predicted octanol–water partition coefficient (Wildman–Crippen LogP) is 0.885. The van der Waals surface area contributed by atoms with E-state index in [4.69, 9.17) is 60.5 Å². The zero-order chi connectivity index (χ0) is 28.8. The van der Waals surface area contributed by atoms with Crippen molar-refractivity contribution in [3.8, 4) is 11.3 Å². The molecule has 0 aliphatic carbocycles. The van der Waals surface area contributed by atoms with Gasteiger partial charge >= 0.3 is 29.8 Å². The number of carboxylic acids is 4. The summed E-state index contributed by atoms with van der Waals surface area (Å²) >= 11 is 6.21. The van der Waals surface area contributed by atoms with E-state index in [-0.39, 0.29) is 11.9 Å². The normalized spacial score (nSPS) is 14.1. The molecule has 2 aromatic rings. The van der Waals surface area contributed by atoms with Gasteiger partial charge in [-0.25, -0.2) is 19.2 Å². The van der Waals surface area contributed by atoms with Crippen LogP contribution in [0.5, 0.6) is 0 Å². The van der Waals surface area contributed by atoms with E-state index in [1.807, 2.05) is 30.3 Å². The fraction of sp³-hybridized carbons (Fsp3) is 0.391. The molecule has 38 heavy (non-hydrogen) atoms. The van der Waals surface area contributed by atoms with Crippen LogP contribution in [0.15, 0.2) is 34.9 Å². The van der Waals surface area contributed by atoms with Crippen LogP contribution in [0, 0.1) is 5.92 Å². The molecule has 1 saturated heterocycles. The number of rotatable bonds is 6. The van der Waals surface area contributed by atoms with Gasteiger partial charge in [-0.05, 0) is 19.2 Å². The van der Waals surface area contributed by atoms with Gasteiger partial charge in [0.05, 0.1) is 23.7 Å². The van der Waals surface area contributed by atoms with Crippen LogP contribution < -0.4 is 0 Å². The number of hydrogen-bond donors (Lipinski definition) is 4. The SMILES string of the molecule is COC(=O)C(Cc1cc(-c2ccccc2Cl)on1)CN1CCN(C)CC1.O=C(O)C(=O)O.O=C(O)C(=O)O. The van der Waals surface area contributed by atoms with E-state index < -0.39 is 23.9 Å². The molecule has 0 spiro atoms. The lowest BCUT2D eigenvalue weighted by Crippen LogP contribution is -2.47. The smallest absolute Gasteiger partial charge is 0.414 e. The minimum Gasteiger partial charge on any atom is -0.473 e. The summed E-state index contributed by atoms with van der Waals surface area (Å²) in [5.41, 5.74) is 1.52. The van der Waals surface area contributed by atoms with E-state index in [0.717, 1.165) is 37.4 Å². The standard InChI is InChI=1S/C19H24ClN3O3.2C2H2O4/c1-22-7-9-23(10-8-22)13-14(19(24)25-2)11-15-12-18(26-21-15)16-5-3-4-6-17(16)20;2*3-1(4)2(5)6/h3-6,12,14H,7-11,13H2,1-2H3;2*(H,3,4)(H,5,6). The Hall–Kier alpha value is -4.01. The van der Waals surface area contributed by atoms with Gasteiger partial charge < -0.3 is 34.6 Å². The lowest BCUT2D eigenvalue weighted by molar-refractivity contribution is -0.159. The quantitative estimate of drug-likeness (QED) is 0.287. The van der Waals surface area contributed by atoms with Gasteiger partial charge in [0.1, 0.15) is 0 Å². The number of benzene rings is 1. The van der Waals surface area contributed by atoms with Crippen molar-refractivity contribution in [1.29, 1.82) is 0 Å². The number of carboxylic acid groups (broad SMARTS) is 4. The monoisotopic (exact) mass is 557 g/mol. The number of aliphatic carboxylic acids is 4. The fourth-order valence-corrected chi connectivity index (χ4v) is 3.41. The van der Waals surface area contributed by atoms with Crippen LogP contribution in [0.3, 0.4) is 0 Å². The minimum absolute atomic E-state index is 0.216. The average Bonchev–Trinajstić information content (AvgIpc) is 3.33. The number of carbonyl (C=O) groups is 5. The third-order valence-electron chi connectivity index (χ3n) is 5.13. The molecule has 1 atom stereocenters. The topological polar surface area (TPSA) is 208 Å². The Bertz CT molecular complexity index is 1070. The van der Waals surface area contributed by atoms with Gasteiger partial charge in [0, 0.05) is 50.8 Å². The van der Waals surface area contributed by atoms with E-state index in [1.165, 1.54) is 7.11 Å². The number of ether oxygens (including phenoxy) is 1. The van der Waals surface area contributed by atoms with Gasteiger partial charge in [0.15, 0.2) is 5.76 Å². The predicted molar refractivity (Wildman–Crippen MR) is 131 cm³/mol. The number of halogens is 1. The Kier molecular flexibility index (Phi) is 13.4. The van der Waals surface area contributed by atoms with Crippen LogP contribution in [0.1, 0.15) is 5.69 Å². The molecule has 2 heterocycles. The third-order valence-corrected chi connectivity index (χ3v) is 5.46. The lowest BCUT2D eigenvalue weighted by atomic mass is 10.0. The molecule has 3 rings (SSSR count). The molecule has 1 aromatic carbocycles. The van der Waals surface area contributed by atoms with Crippen LogP contribution in [-0.2, 0) is 35.1 Å². The van der Waals surface area contributed by atoms with E-state index in [9.17, 15) is 4.79 Å². The van der Waals surface area contributed by atoms with E-state index in [0.29, 0.717) is 23.7 Å². The van der Waals surface area contributed by atoms with Crippen LogP contribution in [0.25, 0.3) is 11.3 Å². The van der Waals surface area contributed by atoms with E-state index in [2.05, 4.69) is 22.0 Å². The summed E-state index contributed by atoms with van der Waals surface area (Å²) in [6.07, 6.45) is 0.479. The number of likely N-dealkylation sites (N-methyl/N-ethyl adjacent to an activating group) is 1. The number of nitrogens with zero attached hydrogens (tertiary/aromatic N) is 3. The number of hydrogen-bond acceptors (Lipinski definition) is 10. The second-order valence-corrected chi connectivity index (χ2v) is 8.32. The van der Waals surface area contributed by atoms with Crippen molar-refractivity contribution < 1.29 is 53.7 Å².